The number of pyridine rings is 1. The van der Waals surface area contributed by atoms with Crippen molar-refractivity contribution in [2.24, 2.45) is 0 Å². The van der Waals surface area contributed by atoms with Gasteiger partial charge in [0.15, 0.2) is 11.5 Å². The number of carbonyl (C=O) groups is 2. The van der Waals surface area contributed by atoms with Crippen LogP contribution in [-0.2, 0) is 20.9 Å². The number of aliphatic hydroxyl groups is 1. The summed E-state index contributed by atoms with van der Waals surface area (Å²) in [6.07, 6.45) is 3.57. The van der Waals surface area contributed by atoms with Gasteiger partial charge in [-0.15, -0.1) is 0 Å². The third kappa shape index (κ3) is 5.81. The SMILES string of the molecule is CCOc1cc(C2C(=C(O)c3ccncc3)C(=O)C(=O)N2CCCOC)ccc1OCc1ccccc1. The molecule has 3 aromatic rings. The summed E-state index contributed by atoms with van der Waals surface area (Å²) in [6.45, 7) is 3.34. The number of ether oxygens (including phenoxy) is 3. The van der Waals surface area contributed by atoms with E-state index in [0.717, 1.165) is 5.56 Å². The Labute approximate surface area is 216 Å². The van der Waals surface area contributed by atoms with Crippen LogP contribution in [-0.4, -0.2) is 53.5 Å². The van der Waals surface area contributed by atoms with E-state index >= 15 is 0 Å². The van der Waals surface area contributed by atoms with Gasteiger partial charge in [0.2, 0.25) is 0 Å². The van der Waals surface area contributed by atoms with Crippen LogP contribution in [0.3, 0.4) is 0 Å². The van der Waals surface area contributed by atoms with Gasteiger partial charge in [-0.3, -0.25) is 14.6 Å². The summed E-state index contributed by atoms with van der Waals surface area (Å²) in [7, 11) is 1.58. The zero-order valence-electron chi connectivity index (χ0n) is 20.9. The summed E-state index contributed by atoms with van der Waals surface area (Å²) in [4.78, 5) is 31.7. The molecular weight excluding hydrogens is 472 g/mol. The maximum Gasteiger partial charge on any atom is 0.295 e. The van der Waals surface area contributed by atoms with E-state index in [2.05, 4.69) is 4.98 Å². The molecule has 37 heavy (non-hydrogen) atoms. The number of amides is 1. The topological polar surface area (TPSA) is 98.2 Å². The van der Waals surface area contributed by atoms with Crippen molar-refractivity contribution in [3.8, 4) is 11.5 Å². The van der Waals surface area contributed by atoms with Crippen LogP contribution in [0.15, 0.2) is 78.6 Å². The van der Waals surface area contributed by atoms with Crippen molar-refractivity contribution < 1.29 is 28.9 Å². The summed E-state index contributed by atoms with van der Waals surface area (Å²) >= 11 is 0. The summed E-state index contributed by atoms with van der Waals surface area (Å²) < 4.78 is 17.1. The Kier molecular flexibility index (Phi) is 8.53. The second-order valence-corrected chi connectivity index (χ2v) is 8.49. The molecule has 1 aliphatic heterocycles. The molecule has 0 bridgehead atoms. The first-order valence-corrected chi connectivity index (χ1v) is 12.2. The molecule has 192 valence electrons. The van der Waals surface area contributed by atoms with Gasteiger partial charge in [0, 0.05) is 38.2 Å². The Hall–Kier alpha value is -4.17. The van der Waals surface area contributed by atoms with Gasteiger partial charge in [0.25, 0.3) is 11.7 Å². The average Bonchev–Trinajstić information content (AvgIpc) is 3.18. The van der Waals surface area contributed by atoms with Crippen molar-refractivity contribution in [2.75, 3.05) is 26.9 Å². The van der Waals surface area contributed by atoms with Crippen LogP contribution in [0.4, 0.5) is 0 Å². The first-order chi connectivity index (χ1) is 18.0. The zero-order chi connectivity index (χ0) is 26.2. The minimum atomic E-state index is -0.799. The van der Waals surface area contributed by atoms with Gasteiger partial charge in [0.1, 0.15) is 12.4 Å². The number of benzene rings is 2. The fourth-order valence-corrected chi connectivity index (χ4v) is 4.32. The molecule has 8 heteroatoms. The van der Waals surface area contributed by atoms with Crippen LogP contribution in [0.5, 0.6) is 11.5 Å². The third-order valence-electron chi connectivity index (χ3n) is 6.06. The number of carbonyl (C=O) groups excluding carboxylic acids is 2. The lowest BCUT2D eigenvalue weighted by atomic mass is 9.95. The highest BCUT2D eigenvalue weighted by molar-refractivity contribution is 6.46. The van der Waals surface area contributed by atoms with E-state index in [9.17, 15) is 14.7 Å². The normalized spacial score (nSPS) is 16.7. The van der Waals surface area contributed by atoms with Crippen molar-refractivity contribution in [1.29, 1.82) is 0 Å². The standard InChI is InChI=1S/C29H30N2O6/c1-3-36-24-18-22(10-11-23(24)37-19-20-8-5-4-6-9-20)26-25(27(32)21-12-14-30-15-13-21)28(33)29(34)31(26)16-7-17-35-2/h4-6,8-15,18,26,32H,3,7,16-17,19H2,1-2H3. The minimum Gasteiger partial charge on any atom is -0.507 e. The van der Waals surface area contributed by atoms with Gasteiger partial charge in [-0.2, -0.15) is 0 Å². The molecule has 1 aromatic heterocycles. The minimum absolute atomic E-state index is 0.0222. The van der Waals surface area contributed by atoms with Crippen molar-refractivity contribution in [3.63, 3.8) is 0 Å². The highest BCUT2D eigenvalue weighted by Gasteiger charge is 2.46. The maximum absolute atomic E-state index is 13.2. The lowest BCUT2D eigenvalue weighted by Crippen LogP contribution is -2.31. The monoisotopic (exact) mass is 502 g/mol. The Morgan fingerprint density at radius 1 is 1.00 bits per heavy atom. The van der Waals surface area contributed by atoms with Crippen LogP contribution in [0.2, 0.25) is 0 Å². The molecule has 1 saturated heterocycles. The molecule has 1 aliphatic rings. The van der Waals surface area contributed by atoms with Crippen LogP contribution in [0, 0.1) is 0 Å². The molecule has 0 aliphatic carbocycles. The molecule has 8 nitrogen and oxygen atoms in total. The second kappa shape index (κ2) is 12.2. The number of hydrogen-bond donors (Lipinski definition) is 1. The van der Waals surface area contributed by atoms with E-state index in [1.807, 2.05) is 37.3 Å². The van der Waals surface area contributed by atoms with Crippen LogP contribution in [0.1, 0.15) is 36.1 Å². The van der Waals surface area contributed by atoms with Gasteiger partial charge < -0.3 is 24.2 Å². The van der Waals surface area contributed by atoms with Crippen molar-refractivity contribution in [3.05, 3.63) is 95.3 Å². The molecule has 2 heterocycles. The Bertz CT molecular complexity index is 1260. The average molecular weight is 503 g/mol. The second-order valence-electron chi connectivity index (χ2n) is 8.49. The molecule has 2 aromatic carbocycles. The van der Waals surface area contributed by atoms with Crippen molar-refractivity contribution >= 4 is 17.4 Å². The molecule has 0 spiro atoms. The van der Waals surface area contributed by atoms with E-state index in [4.69, 9.17) is 14.2 Å². The number of ketones is 1. The summed E-state index contributed by atoms with van der Waals surface area (Å²) in [6, 6.07) is 17.5. The Balaban J connectivity index is 1.75. The molecule has 1 N–H and O–H groups in total. The van der Waals surface area contributed by atoms with Crippen molar-refractivity contribution in [2.45, 2.75) is 26.0 Å². The van der Waals surface area contributed by atoms with E-state index in [1.165, 1.54) is 17.3 Å². The molecule has 1 fully saturated rings. The fourth-order valence-electron chi connectivity index (χ4n) is 4.32. The van der Waals surface area contributed by atoms with Crippen LogP contribution >= 0.6 is 0 Å². The lowest BCUT2D eigenvalue weighted by molar-refractivity contribution is -0.140. The van der Waals surface area contributed by atoms with Gasteiger partial charge in [-0.1, -0.05) is 36.4 Å². The highest BCUT2D eigenvalue weighted by Crippen LogP contribution is 2.42. The first kappa shape index (κ1) is 25.9. The number of methoxy groups -OCH3 is 1. The van der Waals surface area contributed by atoms with Crippen molar-refractivity contribution in [1.82, 2.24) is 9.88 Å². The highest BCUT2D eigenvalue weighted by atomic mass is 16.5. The lowest BCUT2D eigenvalue weighted by Gasteiger charge is -2.26. The summed E-state index contributed by atoms with van der Waals surface area (Å²) in [5.74, 6) is -0.622. The number of Topliss-reactive ketones (excluding diaryl/α,β-unsaturated/α-hetero) is 1. The molecular formula is C29H30N2O6. The number of aliphatic hydroxyl groups excluding tert-OH is 1. The first-order valence-electron chi connectivity index (χ1n) is 12.2. The Morgan fingerprint density at radius 2 is 1.76 bits per heavy atom. The van der Waals surface area contributed by atoms with Gasteiger partial charge in [-0.05, 0) is 48.7 Å². The molecule has 1 atom stereocenters. The number of aromatic nitrogens is 1. The molecule has 4 rings (SSSR count). The fraction of sp³-hybridized carbons (Fsp3) is 0.276. The van der Waals surface area contributed by atoms with E-state index < -0.39 is 17.7 Å². The Morgan fingerprint density at radius 3 is 2.46 bits per heavy atom. The number of likely N-dealkylation sites (tertiary alicyclic amines) is 1. The third-order valence-corrected chi connectivity index (χ3v) is 6.06. The molecule has 0 radical (unpaired) electrons. The zero-order valence-corrected chi connectivity index (χ0v) is 20.9. The van der Waals surface area contributed by atoms with Gasteiger partial charge in [0.05, 0.1) is 18.2 Å². The number of hydrogen-bond acceptors (Lipinski definition) is 7. The van der Waals surface area contributed by atoms with Crippen LogP contribution < -0.4 is 9.47 Å². The predicted molar refractivity (Wildman–Crippen MR) is 138 cm³/mol. The largest absolute Gasteiger partial charge is 0.507 e. The summed E-state index contributed by atoms with van der Waals surface area (Å²) in [5.41, 5.74) is 2.07. The van der Waals surface area contributed by atoms with E-state index in [0.29, 0.717) is 48.9 Å². The summed E-state index contributed by atoms with van der Waals surface area (Å²) in [5, 5.41) is 11.1. The van der Waals surface area contributed by atoms with Crippen LogP contribution in [0.25, 0.3) is 5.76 Å². The van der Waals surface area contributed by atoms with E-state index in [-0.39, 0.29) is 17.9 Å². The predicted octanol–water partition coefficient (Wildman–Crippen LogP) is 4.52. The maximum atomic E-state index is 13.2. The molecule has 1 amide bonds. The molecule has 0 saturated carbocycles. The smallest absolute Gasteiger partial charge is 0.295 e. The quantitative estimate of drug-likeness (QED) is 0.178. The van der Waals surface area contributed by atoms with E-state index in [1.54, 1.807) is 37.4 Å². The number of rotatable bonds is 11. The number of nitrogens with zero attached hydrogens (tertiary/aromatic N) is 2. The molecule has 1 unspecified atom stereocenters. The van der Waals surface area contributed by atoms with Gasteiger partial charge in [-0.25, -0.2) is 0 Å². The van der Waals surface area contributed by atoms with Gasteiger partial charge >= 0.3 is 0 Å².